The number of pyridine rings is 1. The maximum Gasteiger partial charge on any atom is 0.345 e. The Hall–Kier alpha value is -2.51. The Morgan fingerprint density at radius 1 is 1.37 bits per heavy atom. The van der Waals surface area contributed by atoms with Gasteiger partial charge in [0.05, 0.1) is 16.5 Å². The second kappa shape index (κ2) is 8.45. The number of aromatic nitrogens is 1. The van der Waals surface area contributed by atoms with Crippen molar-refractivity contribution >= 4 is 50.1 Å². The summed E-state index contributed by atoms with van der Waals surface area (Å²) in [6.07, 6.45) is 1.33. The van der Waals surface area contributed by atoms with E-state index in [1.54, 1.807) is 4.89 Å². The Balaban J connectivity index is 2.37. The normalized spacial score (nSPS) is 12.6. The van der Waals surface area contributed by atoms with Crippen LogP contribution < -0.4 is 22.1 Å². The van der Waals surface area contributed by atoms with Gasteiger partial charge in [-0.2, -0.15) is 4.99 Å². The summed E-state index contributed by atoms with van der Waals surface area (Å²) in [5.41, 5.74) is 16.2. The highest BCUT2D eigenvalue weighted by molar-refractivity contribution is 7.89. The maximum absolute atomic E-state index is 12.4. The average molecular weight is 417 g/mol. The minimum atomic E-state index is -4.22. The van der Waals surface area contributed by atoms with E-state index in [1.165, 1.54) is 31.5 Å². The molecule has 2 rings (SSSR count). The van der Waals surface area contributed by atoms with Gasteiger partial charge in [-0.05, 0) is 17.0 Å². The first-order valence-electron chi connectivity index (χ1n) is 7.30. The van der Waals surface area contributed by atoms with E-state index in [9.17, 15) is 13.2 Å². The number of ether oxygens (including phenoxy) is 1. The van der Waals surface area contributed by atoms with Crippen molar-refractivity contribution in [2.24, 2.45) is 22.2 Å². The van der Waals surface area contributed by atoms with E-state index in [-0.39, 0.29) is 33.7 Å². The Labute approximate surface area is 159 Å². The molecule has 11 nitrogen and oxygen atoms in total. The van der Waals surface area contributed by atoms with Gasteiger partial charge in [0.2, 0.25) is 0 Å². The lowest BCUT2D eigenvalue weighted by molar-refractivity contribution is -0.150. The molecule has 0 radical (unpaired) electrons. The third-order valence-corrected chi connectivity index (χ3v) is 4.71. The molecule has 1 aromatic heterocycles. The summed E-state index contributed by atoms with van der Waals surface area (Å²) in [7, 11) is -2.89. The van der Waals surface area contributed by atoms with Crippen LogP contribution in [0.1, 0.15) is 0 Å². The summed E-state index contributed by atoms with van der Waals surface area (Å²) >= 11 is 6.07. The number of aliphatic imine (C=N–C) groups is 1. The number of nitrogens with two attached hydrogens (primary N) is 3. The van der Waals surface area contributed by atoms with Gasteiger partial charge in [0, 0.05) is 24.1 Å². The van der Waals surface area contributed by atoms with Gasteiger partial charge in [-0.25, -0.2) is 18.2 Å². The van der Waals surface area contributed by atoms with Crippen LogP contribution >= 0.6 is 11.6 Å². The highest BCUT2D eigenvalue weighted by Gasteiger charge is 2.21. The van der Waals surface area contributed by atoms with Crippen LogP contribution in [0.5, 0.6) is 0 Å². The largest absolute Gasteiger partial charge is 0.382 e. The predicted octanol–water partition coefficient (Wildman–Crippen LogP) is -0.497. The first-order chi connectivity index (χ1) is 12.7. The van der Waals surface area contributed by atoms with Crippen molar-refractivity contribution in [2.45, 2.75) is 10.9 Å². The lowest BCUT2D eigenvalue weighted by Gasteiger charge is -2.12. The minimum Gasteiger partial charge on any atom is -0.382 e. The smallest absolute Gasteiger partial charge is 0.345 e. The van der Waals surface area contributed by atoms with E-state index in [4.69, 9.17) is 33.5 Å². The van der Waals surface area contributed by atoms with E-state index >= 15 is 0 Å². The standard InChI is InChI=1S/C14H17ClN6O5S/c1-25-6-11(16)13(22)26-21-27(23,24)7-2-3-8-9(4-7)12(20-14(17)18)19-5-10(8)15/h2-5,11,21H,6,16H2,1H3,(H4,17,18,19,20)/t11-/m1/s1. The number of hydrogen-bond acceptors (Lipinski definition) is 8. The highest BCUT2D eigenvalue weighted by Crippen LogP contribution is 2.31. The molecule has 0 aliphatic carbocycles. The molecule has 7 N–H and O–H groups in total. The Morgan fingerprint density at radius 3 is 2.70 bits per heavy atom. The number of guanidine groups is 1. The van der Waals surface area contributed by atoms with Gasteiger partial charge in [0.1, 0.15) is 6.04 Å². The third-order valence-electron chi connectivity index (χ3n) is 3.24. The number of halogens is 1. The van der Waals surface area contributed by atoms with E-state index in [1.807, 2.05) is 0 Å². The lowest BCUT2D eigenvalue weighted by Crippen LogP contribution is -2.40. The molecule has 0 aliphatic heterocycles. The molecular weight excluding hydrogens is 400 g/mol. The summed E-state index contributed by atoms with van der Waals surface area (Å²) in [5.74, 6) is -1.20. The van der Waals surface area contributed by atoms with Gasteiger partial charge in [0.15, 0.2) is 11.8 Å². The van der Waals surface area contributed by atoms with Crippen molar-refractivity contribution in [3.63, 3.8) is 0 Å². The summed E-state index contributed by atoms with van der Waals surface area (Å²) in [4.78, 5) is 25.4. The quantitative estimate of drug-likeness (QED) is 0.262. The predicted molar refractivity (Wildman–Crippen MR) is 98.5 cm³/mol. The first-order valence-corrected chi connectivity index (χ1v) is 9.16. The Morgan fingerprint density at radius 2 is 2.07 bits per heavy atom. The van der Waals surface area contributed by atoms with Crippen LogP contribution in [0.25, 0.3) is 10.8 Å². The first kappa shape index (κ1) is 20.8. The number of nitrogens with zero attached hydrogens (tertiary/aromatic N) is 2. The number of rotatable bonds is 7. The zero-order valence-corrected chi connectivity index (χ0v) is 15.6. The fourth-order valence-electron chi connectivity index (χ4n) is 2.02. The molecule has 1 atom stereocenters. The monoisotopic (exact) mass is 416 g/mol. The van der Waals surface area contributed by atoms with Crippen molar-refractivity contribution in [1.29, 1.82) is 0 Å². The van der Waals surface area contributed by atoms with Crippen molar-refractivity contribution in [1.82, 2.24) is 9.87 Å². The van der Waals surface area contributed by atoms with Crippen molar-refractivity contribution in [3.8, 4) is 0 Å². The van der Waals surface area contributed by atoms with Gasteiger partial charge >= 0.3 is 5.97 Å². The number of sulfonamides is 1. The molecule has 1 aromatic carbocycles. The summed E-state index contributed by atoms with van der Waals surface area (Å²) in [5, 5.41) is 1.03. The minimum absolute atomic E-state index is 0.0746. The molecule has 2 aromatic rings. The SMILES string of the molecule is COC[C@@H](N)C(=O)ONS(=O)(=O)c1ccc2c(Cl)cnc(N=C(N)N)c2c1. The summed E-state index contributed by atoms with van der Waals surface area (Å²) < 4.78 is 29.5. The summed E-state index contributed by atoms with van der Waals surface area (Å²) in [6, 6.07) is 2.80. The average Bonchev–Trinajstić information content (AvgIpc) is 2.61. The molecule has 0 amide bonds. The van der Waals surface area contributed by atoms with Gasteiger partial charge in [-0.3, -0.25) is 0 Å². The lowest BCUT2D eigenvalue weighted by atomic mass is 10.1. The van der Waals surface area contributed by atoms with E-state index in [0.29, 0.717) is 5.39 Å². The molecule has 0 bridgehead atoms. The van der Waals surface area contributed by atoms with Gasteiger partial charge in [0.25, 0.3) is 10.0 Å². The van der Waals surface area contributed by atoms with Crippen molar-refractivity contribution in [2.75, 3.05) is 13.7 Å². The summed E-state index contributed by atoms with van der Waals surface area (Å²) in [6.45, 7) is -0.136. The van der Waals surface area contributed by atoms with Crippen LogP contribution in [-0.2, 0) is 24.4 Å². The number of hydrogen-bond donors (Lipinski definition) is 4. The molecule has 0 spiro atoms. The second-order valence-electron chi connectivity index (χ2n) is 5.24. The molecule has 1 heterocycles. The molecule has 27 heavy (non-hydrogen) atoms. The number of carbonyl (C=O) groups is 1. The molecule has 0 saturated heterocycles. The molecule has 0 aliphatic rings. The van der Waals surface area contributed by atoms with Crippen LogP contribution in [0.2, 0.25) is 5.02 Å². The van der Waals surface area contributed by atoms with Crippen LogP contribution in [0.4, 0.5) is 5.82 Å². The molecule has 0 fully saturated rings. The van der Waals surface area contributed by atoms with Gasteiger partial charge in [-0.1, -0.05) is 17.7 Å². The number of carbonyl (C=O) groups excluding carboxylic acids is 1. The molecule has 0 unspecified atom stereocenters. The second-order valence-corrected chi connectivity index (χ2v) is 7.30. The zero-order chi connectivity index (χ0) is 20.2. The molecule has 0 saturated carbocycles. The van der Waals surface area contributed by atoms with Crippen molar-refractivity contribution in [3.05, 3.63) is 29.4 Å². The van der Waals surface area contributed by atoms with Crippen LogP contribution in [0.3, 0.4) is 0 Å². The van der Waals surface area contributed by atoms with E-state index in [0.717, 1.165) is 0 Å². The third kappa shape index (κ3) is 5.02. The molecular formula is C14H17ClN6O5S. The fraction of sp³-hybridized carbons (Fsp3) is 0.214. The van der Waals surface area contributed by atoms with Gasteiger partial charge in [-0.15, -0.1) is 0 Å². The fourth-order valence-corrected chi connectivity index (χ4v) is 3.04. The van der Waals surface area contributed by atoms with Gasteiger partial charge < -0.3 is 26.8 Å². The number of benzene rings is 1. The number of fused-ring (bicyclic) bond motifs is 1. The molecule has 13 heteroatoms. The van der Waals surface area contributed by atoms with Crippen LogP contribution in [-0.4, -0.2) is 45.1 Å². The van der Waals surface area contributed by atoms with Crippen molar-refractivity contribution < 1.29 is 22.8 Å². The Bertz CT molecular complexity index is 993. The highest BCUT2D eigenvalue weighted by atomic mass is 35.5. The molecule has 146 valence electrons. The zero-order valence-electron chi connectivity index (χ0n) is 14.0. The maximum atomic E-state index is 12.4. The van der Waals surface area contributed by atoms with Crippen LogP contribution in [0, 0.1) is 0 Å². The Kier molecular flexibility index (Phi) is 6.51. The van der Waals surface area contributed by atoms with Crippen LogP contribution in [0.15, 0.2) is 34.3 Å². The van der Waals surface area contributed by atoms with E-state index in [2.05, 4.69) is 14.8 Å². The number of methoxy groups -OCH3 is 1. The number of nitrogens with one attached hydrogen (secondary N) is 1. The van der Waals surface area contributed by atoms with E-state index < -0.39 is 22.0 Å². The topological polar surface area (TPSA) is 185 Å².